The van der Waals surface area contributed by atoms with E-state index in [0.717, 1.165) is 0 Å². The summed E-state index contributed by atoms with van der Waals surface area (Å²) in [5, 5.41) is 8.23. The number of hydrogen-bond donors (Lipinski definition) is 1. The standard InChI is InChI=1S/C7H12O3.Na/c1-5(6(2)8)3-4-7(9)10;/h5H,3-4H2,1-2H3,(H,9,10);. The van der Waals surface area contributed by atoms with E-state index in [1.54, 1.807) is 6.92 Å². The second-order valence-electron chi connectivity index (χ2n) is 2.44. The summed E-state index contributed by atoms with van der Waals surface area (Å²) in [5.41, 5.74) is 0. The molecule has 0 aromatic heterocycles. The van der Waals surface area contributed by atoms with Gasteiger partial charge in [0.25, 0.3) is 0 Å². The predicted molar refractivity (Wildman–Crippen MR) is 42.5 cm³/mol. The Balaban J connectivity index is 0. The summed E-state index contributed by atoms with van der Waals surface area (Å²) >= 11 is 0. The number of rotatable bonds is 4. The Bertz CT molecular complexity index is 145. The molecule has 0 rings (SSSR count). The molecule has 0 aromatic rings. The third kappa shape index (κ3) is 8.04. The van der Waals surface area contributed by atoms with Crippen molar-refractivity contribution in [2.45, 2.75) is 26.7 Å². The monoisotopic (exact) mass is 167 g/mol. The SMILES string of the molecule is CC(=O)C(C)CCC(=O)O.[Na]. The van der Waals surface area contributed by atoms with Gasteiger partial charge in [0.1, 0.15) is 5.78 Å². The molecule has 1 radical (unpaired) electrons. The number of carbonyl (C=O) groups excluding carboxylic acids is 1. The number of carboxylic acid groups (broad SMARTS) is 1. The van der Waals surface area contributed by atoms with Crippen molar-refractivity contribution < 1.29 is 14.7 Å². The maximum Gasteiger partial charge on any atom is 0.303 e. The van der Waals surface area contributed by atoms with Crippen LogP contribution in [0.2, 0.25) is 0 Å². The maximum absolute atomic E-state index is 10.6. The first-order valence-corrected chi connectivity index (χ1v) is 3.26. The molecule has 1 unspecified atom stereocenters. The summed E-state index contributed by atoms with van der Waals surface area (Å²) in [6, 6.07) is 0. The number of Topliss-reactive ketones (excluding diaryl/α,β-unsaturated/α-hetero) is 1. The van der Waals surface area contributed by atoms with Crippen LogP contribution < -0.4 is 0 Å². The van der Waals surface area contributed by atoms with Crippen molar-refractivity contribution in [2.75, 3.05) is 0 Å². The van der Waals surface area contributed by atoms with Gasteiger partial charge in [-0.05, 0) is 13.3 Å². The van der Waals surface area contributed by atoms with Gasteiger partial charge < -0.3 is 5.11 Å². The van der Waals surface area contributed by atoms with Crippen molar-refractivity contribution in [3.63, 3.8) is 0 Å². The van der Waals surface area contributed by atoms with Crippen LogP contribution in [0.5, 0.6) is 0 Å². The van der Waals surface area contributed by atoms with Gasteiger partial charge in [0, 0.05) is 41.9 Å². The van der Waals surface area contributed by atoms with Crippen LogP contribution in [-0.2, 0) is 9.59 Å². The molecule has 11 heavy (non-hydrogen) atoms. The minimum absolute atomic E-state index is 0. The van der Waals surface area contributed by atoms with Crippen molar-refractivity contribution in [1.29, 1.82) is 0 Å². The molecular weight excluding hydrogens is 155 g/mol. The summed E-state index contributed by atoms with van der Waals surface area (Å²) in [7, 11) is 0. The first-order valence-electron chi connectivity index (χ1n) is 3.26. The molecule has 0 saturated heterocycles. The van der Waals surface area contributed by atoms with Crippen molar-refractivity contribution in [1.82, 2.24) is 0 Å². The van der Waals surface area contributed by atoms with Crippen molar-refractivity contribution in [2.24, 2.45) is 5.92 Å². The third-order valence-electron chi connectivity index (χ3n) is 1.49. The van der Waals surface area contributed by atoms with E-state index in [1.165, 1.54) is 6.92 Å². The Labute approximate surface area is 88.5 Å². The van der Waals surface area contributed by atoms with Crippen LogP contribution in [0.3, 0.4) is 0 Å². The first-order chi connectivity index (χ1) is 4.54. The molecule has 0 heterocycles. The fourth-order valence-electron chi connectivity index (χ4n) is 0.543. The van der Waals surface area contributed by atoms with Gasteiger partial charge in [-0.1, -0.05) is 6.92 Å². The summed E-state index contributed by atoms with van der Waals surface area (Å²) in [6.07, 6.45) is 0.533. The zero-order chi connectivity index (χ0) is 8.15. The number of carboxylic acids is 1. The van der Waals surface area contributed by atoms with Gasteiger partial charge in [-0.2, -0.15) is 0 Å². The van der Waals surface area contributed by atoms with Crippen LogP contribution in [0, 0.1) is 5.92 Å². The number of carbonyl (C=O) groups is 2. The van der Waals surface area contributed by atoms with E-state index >= 15 is 0 Å². The molecule has 0 amide bonds. The molecule has 59 valence electrons. The molecule has 4 heteroatoms. The Kier molecular flexibility index (Phi) is 8.51. The average molecular weight is 167 g/mol. The smallest absolute Gasteiger partial charge is 0.303 e. The number of hydrogen-bond acceptors (Lipinski definition) is 2. The molecule has 0 saturated carbocycles. The molecule has 0 fully saturated rings. The zero-order valence-corrected chi connectivity index (χ0v) is 9.26. The summed E-state index contributed by atoms with van der Waals surface area (Å²) in [4.78, 5) is 20.6. The number of aliphatic carboxylic acids is 1. The van der Waals surface area contributed by atoms with Gasteiger partial charge in [0.15, 0.2) is 0 Å². The fourth-order valence-corrected chi connectivity index (χ4v) is 0.543. The minimum atomic E-state index is -0.840. The van der Waals surface area contributed by atoms with Gasteiger partial charge in [0.05, 0.1) is 0 Å². The van der Waals surface area contributed by atoms with E-state index in [0.29, 0.717) is 6.42 Å². The molecular formula is C7H12NaO3. The van der Waals surface area contributed by atoms with E-state index in [4.69, 9.17) is 5.11 Å². The Morgan fingerprint density at radius 2 is 1.91 bits per heavy atom. The van der Waals surface area contributed by atoms with E-state index in [9.17, 15) is 9.59 Å². The summed E-state index contributed by atoms with van der Waals surface area (Å²) < 4.78 is 0. The van der Waals surface area contributed by atoms with Crippen LogP contribution in [0.1, 0.15) is 26.7 Å². The number of ketones is 1. The molecule has 0 bridgehead atoms. The maximum atomic E-state index is 10.6. The van der Waals surface area contributed by atoms with Crippen LogP contribution >= 0.6 is 0 Å². The largest absolute Gasteiger partial charge is 0.481 e. The second kappa shape index (κ2) is 6.83. The Morgan fingerprint density at radius 1 is 1.45 bits per heavy atom. The second-order valence-corrected chi connectivity index (χ2v) is 2.44. The fraction of sp³-hybridized carbons (Fsp3) is 0.714. The van der Waals surface area contributed by atoms with Gasteiger partial charge in [0.2, 0.25) is 0 Å². The van der Waals surface area contributed by atoms with E-state index < -0.39 is 5.97 Å². The zero-order valence-electron chi connectivity index (χ0n) is 7.26. The topological polar surface area (TPSA) is 54.4 Å². The van der Waals surface area contributed by atoms with Crippen molar-refractivity contribution in [3.8, 4) is 0 Å². The quantitative estimate of drug-likeness (QED) is 0.627. The van der Waals surface area contributed by atoms with Crippen LogP contribution in [0.4, 0.5) is 0 Å². The van der Waals surface area contributed by atoms with Gasteiger partial charge in [-0.3, -0.25) is 9.59 Å². The molecule has 1 atom stereocenters. The first kappa shape index (κ1) is 13.7. The van der Waals surface area contributed by atoms with E-state index in [1.807, 2.05) is 0 Å². The molecule has 0 aliphatic heterocycles. The Hall–Kier alpha value is 0.140. The molecule has 0 aromatic carbocycles. The minimum Gasteiger partial charge on any atom is -0.481 e. The molecule has 0 aliphatic rings. The molecule has 3 nitrogen and oxygen atoms in total. The average Bonchev–Trinajstić information content (AvgIpc) is 1.82. The Morgan fingerprint density at radius 3 is 2.18 bits per heavy atom. The third-order valence-corrected chi connectivity index (χ3v) is 1.49. The van der Waals surface area contributed by atoms with Crippen LogP contribution in [-0.4, -0.2) is 46.4 Å². The van der Waals surface area contributed by atoms with Crippen molar-refractivity contribution in [3.05, 3.63) is 0 Å². The normalized spacial score (nSPS) is 11.5. The van der Waals surface area contributed by atoms with Crippen molar-refractivity contribution >= 4 is 41.3 Å². The van der Waals surface area contributed by atoms with Crippen LogP contribution in [0.25, 0.3) is 0 Å². The van der Waals surface area contributed by atoms with Gasteiger partial charge in [-0.15, -0.1) is 0 Å². The van der Waals surface area contributed by atoms with E-state index in [2.05, 4.69) is 0 Å². The summed E-state index contributed by atoms with van der Waals surface area (Å²) in [6.45, 7) is 3.22. The molecule has 1 N–H and O–H groups in total. The molecule has 0 spiro atoms. The summed E-state index contributed by atoms with van der Waals surface area (Å²) in [5.74, 6) is -0.898. The predicted octanol–water partition coefficient (Wildman–Crippen LogP) is 0.696. The molecule has 0 aliphatic carbocycles. The van der Waals surface area contributed by atoms with Gasteiger partial charge in [-0.25, -0.2) is 0 Å². The van der Waals surface area contributed by atoms with Crippen LogP contribution in [0.15, 0.2) is 0 Å². The van der Waals surface area contributed by atoms with E-state index in [-0.39, 0.29) is 47.7 Å². The van der Waals surface area contributed by atoms with Gasteiger partial charge >= 0.3 is 5.97 Å².